The van der Waals surface area contributed by atoms with Crippen LogP contribution in [0.4, 0.5) is 9.59 Å². The second-order valence-electron chi connectivity index (χ2n) is 20.2. The summed E-state index contributed by atoms with van der Waals surface area (Å²) in [5, 5.41) is 29.1. The molecule has 1 aliphatic heterocycles. The second-order valence-corrected chi connectivity index (χ2v) is 22.6. The van der Waals surface area contributed by atoms with E-state index in [4.69, 9.17) is 33.2 Å². The molecule has 2 bridgehead atoms. The average molecular weight is 1020 g/mol. The molecular weight excluding hydrogens is 961 g/mol. The molecule has 20 heteroatoms. The average Bonchev–Trinajstić information content (AvgIpc) is 3.31. The van der Waals surface area contributed by atoms with Gasteiger partial charge in [0.15, 0.2) is 5.60 Å². The molecule has 3 saturated carbocycles. The van der Waals surface area contributed by atoms with Crippen LogP contribution in [0.1, 0.15) is 90.2 Å². The molecule has 382 valence electrons. The highest BCUT2D eigenvalue weighted by atomic mass is 33.1. The van der Waals surface area contributed by atoms with E-state index in [9.17, 15) is 29.4 Å². The number of nitrogens with one attached hydrogen (secondary N) is 1. The van der Waals surface area contributed by atoms with Gasteiger partial charge in [0.25, 0.3) is 0 Å². The third-order valence-corrected chi connectivity index (χ3v) is 16.5. The molecule has 0 radical (unpaired) electrons. The van der Waals surface area contributed by atoms with Gasteiger partial charge in [-0.3, -0.25) is 14.4 Å². The van der Waals surface area contributed by atoms with E-state index in [1.165, 1.54) is 54.5 Å². The Hall–Kier alpha value is -5.54. The zero-order valence-electron chi connectivity index (χ0n) is 40.7. The Kier molecular flexibility index (Phi) is 15.7. The van der Waals surface area contributed by atoms with E-state index >= 15 is 14.4 Å². The van der Waals surface area contributed by atoms with Gasteiger partial charge in [-0.2, -0.15) is 0 Å². The van der Waals surface area contributed by atoms with Gasteiger partial charge < -0.3 is 48.7 Å². The van der Waals surface area contributed by atoms with E-state index in [-0.39, 0.29) is 36.5 Å². The summed E-state index contributed by atoms with van der Waals surface area (Å²) in [4.78, 5) is 104. The van der Waals surface area contributed by atoms with Crippen LogP contribution in [0.15, 0.2) is 90.1 Å². The fraction of sp³-hybridized carbons (Fsp3) is 0.529. The molecule has 18 nitrogen and oxygen atoms in total. The van der Waals surface area contributed by atoms with Crippen molar-refractivity contribution in [3.8, 4) is 0 Å². The zero-order valence-corrected chi connectivity index (χ0v) is 42.3. The highest BCUT2D eigenvalue weighted by Crippen LogP contribution is 2.64. The molecule has 7 rings (SSSR count). The molecule has 1 aromatic heterocycles. The molecule has 3 N–H and O–H groups in total. The van der Waals surface area contributed by atoms with Gasteiger partial charge in [0.2, 0.25) is 17.7 Å². The van der Waals surface area contributed by atoms with Crippen LogP contribution in [0, 0.1) is 28.6 Å². The molecule has 2 heterocycles. The quantitative estimate of drug-likeness (QED) is 0.0519. The normalized spacial score (nSPS) is 30.5. The number of aromatic nitrogens is 1. The Labute approximate surface area is 419 Å². The van der Waals surface area contributed by atoms with Crippen molar-refractivity contribution in [2.24, 2.45) is 28.6 Å². The van der Waals surface area contributed by atoms with Crippen LogP contribution in [0.25, 0.3) is 0 Å². The smallest absolute Gasteiger partial charge is 0.459 e. The first-order valence-corrected chi connectivity index (χ1v) is 25.6. The highest BCUT2D eigenvalue weighted by Gasteiger charge is 2.79. The van der Waals surface area contributed by atoms with Crippen LogP contribution in [-0.2, 0) is 52.3 Å². The van der Waals surface area contributed by atoms with Gasteiger partial charge in [0.05, 0.1) is 29.6 Å². The standard InChI is InChI=1S/C51H60N2O16S2/c1-28-32(65-44(59)39(66-46(61)63-23-24-70-71-35-21-15-16-22-52-35)37(30-17-11-9-12-18-30)53-45(60)69-47(3,4)5)26-51(62)42(67-43(58)31-19-13-10-14-20-31)40-49(8,41(57)38(56)36(28)48(51,6)7)33(55)25-34-50(40,27-64-34)68-29(2)54/h9-22,28,32-34,36-37,39-40,42,55,62H,23-27H2,1-8H3,(H,53,60)/t28?,32-,33-,34+,36?,37-,39+,40-,42-,49+,50-,51+/m0/s1. The number of Topliss-reactive ketones (excluding diaryl/α,β-unsaturated/α-hetero) is 2. The second kappa shape index (κ2) is 20.9. The molecule has 1 amide bonds. The summed E-state index contributed by atoms with van der Waals surface area (Å²) in [5.41, 5.74) is -8.77. The maximum absolute atomic E-state index is 15.2. The largest absolute Gasteiger partial charge is 0.509 e. The summed E-state index contributed by atoms with van der Waals surface area (Å²) in [7, 11) is 2.70. The van der Waals surface area contributed by atoms with Crippen LogP contribution >= 0.6 is 21.6 Å². The molecule has 1 saturated heterocycles. The van der Waals surface area contributed by atoms with E-state index in [0.29, 0.717) is 0 Å². The number of benzene rings is 2. The maximum Gasteiger partial charge on any atom is 0.509 e. The third-order valence-electron chi connectivity index (χ3n) is 14.2. The number of ketones is 2. The molecule has 12 atom stereocenters. The number of ether oxygens (including phenoxy) is 7. The van der Waals surface area contributed by atoms with Crippen LogP contribution in [0.3, 0.4) is 0 Å². The maximum atomic E-state index is 15.2. The molecule has 3 aliphatic carbocycles. The van der Waals surface area contributed by atoms with Gasteiger partial charge in [-0.05, 0) is 68.3 Å². The lowest BCUT2D eigenvalue weighted by molar-refractivity contribution is -0.350. The van der Waals surface area contributed by atoms with Crippen molar-refractivity contribution in [3.05, 3.63) is 96.2 Å². The van der Waals surface area contributed by atoms with Crippen LogP contribution in [0.2, 0.25) is 0 Å². The lowest BCUT2D eigenvalue weighted by Gasteiger charge is -2.67. The van der Waals surface area contributed by atoms with E-state index < -0.39 is 130 Å². The number of aliphatic hydroxyl groups excluding tert-OH is 1. The van der Waals surface area contributed by atoms with Crippen LogP contribution in [0.5, 0.6) is 0 Å². The molecule has 3 aromatic rings. The minimum atomic E-state index is -2.44. The number of pyridine rings is 1. The van der Waals surface area contributed by atoms with Gasteiger partial charge in [0.1, 0.15) is 47.2 Å². The molecule has 2 aromatic carbocycles. The number of rotatable bonds is 14. The van der Waals surface area contributed by atoms with Gasteiger partial charge in [-0.1, -0.05) is 86.2 Å². The first-order valence-electron chi connectivity index (χ1n) is 23.3. The Morgan fingerprint density at radius 2 is 1.61 bits per heavy atom. The SMILES string of the molecule is CC(=O)O[C@@]12CO[C@@H]1C[C@H](O)[C@@]1(C)C(=O)C(=O)C3C(C)[C@@H](OC(=O)[C@H](OC(=O)OCCSSc4ccccn4)[C@@H](NC(=O)OC(C)(C)C)c4ccccc4)C[C@@](O)([C@@H](OC(=O)c4ccccc4)[C@H]21)C3(C)C. The van der Waals surface area contributed by atoms with Crippen molar-refractivity contribution in [2.75, 3.05) is 19.0 Å². The molecule has 4 fully saturated rings. The van der Waals surface area contributed by atoms with Crippen molar-refractivity contribution in [1.82, 2.24) is 10.3 Å². The minimum absolute atomic E-state index is 0.0462. The van der Waals surface area contributed by atoms with Crippen molar-refractivity contribution in [3.63, 3.8) is 0 Å². The molecular formula is C51H60N2O16S2. The van der Waals surface area contributed by atoms with Crippen LogP contribution in [-0.4, -0.2) is 123 Å². The molecule has 4 aliphatic rings. The first-order chi connectivity index (χ1) is 33.4. The van der Waals surface area contributed by atoms with Gasteiger partial charge >= 0.3 is 30.2 Å². The number of carbonyl (C=O) groups excluding carboxylic acids is 7. The predicted octanol–water partition coefficient (Wildman–Crippen LogP) is 6.40. The van der Waals surface area contributed by atoms with Gasteiger partial charge in [-0.25, -0.2) is 24.2 Å². The van der Waals surface area contributed by atoms with Crippen molar-refractivity contribution in [2.45, 2.75) is 127 Å². The number of amides is 1. The molecule has 0 spiro atoms. The Morgan fingerprint density at radius 3 is 2.21 bits per heavy atom. The topological polar surface area (TPSA) is 249 Å². The number of hydrogen-bond acceptors (Lipinski definition) is 19. The van der Waals surface area contributed by atoms with Crippen LogP contribution < -0.4 is 5.32 Å². The van der Waals surface area contributed by atoms with E-state index in [1.807, 2.05) is 12.1 Å². The lowest BCUT2D eigenvalue weighted by Crippen LogP contribution is -2.82. The first kappa shape index (κ1) is 53.3. The van der Waals surface area contributed by atoms with E-state index in [2.05, 4.69) is 10.3 Å². The third kappa shape index (κ3) is 10.5. The monoisotopic (exact) mass is 1020 g/mol. The molecule has 71 heavy (non-hydrogen) atoms. The van der Waals surface area contributed by atoms with Crippen molar-refractivity contribution >= 4 is 63.3 Å². The number of hydrogen-bond donors (Lipinski definition) is 3. The summed E-state index contributed by atoms with van der Waals surface area (Å²) >= 11 is 0. The number of alkyl carbamates (subject to hydrolysis) is 1. The number of esters is 3. The zero-order chi connectivity index (χ0) is 51.7. The Balaban J connectivity index is 1.29. The Morgan fingerprint density at radius 1 is 0.944 bits per heavy atom. The highest BCUT2D eigenvalue weighted by molar-refractivity contribution is 8.76. The predicted molar refractivity (Wildman–Crippen MR) is 255 cm³/mol. The van der Waals surface area contributed by atoms with Gasteiger partial charge in [-0.15, -0.1) is 0 Å². The number of carbonyl (C=O) groups is 7. The summed E-state index contributed by atoms with van der Waals surface area (Å²) < 4.78 is 41.3. The number of aliphatic hydroxyl groups is 2. The lowest BCUT2D eigenvalue weighted by atomic mass is 9.42. The minimum Gasteiger partial charge on any atom is -0.459 e. The van der Waals surface area contributed by atoms with E-state index in [0.717, 1.165) is 11.9 Å². The van der Waals surface area contributed by atoms with Crippen molar-refractivity contribution < 1.29 is 76.9 Å². The van der Waals surface area contributed by atoms with E-state index in [1.54, 1.807) is 88.5 Å². The number of nitrogens with zero attached hydrogens (tertiary/aromatic N) is 1. The fourth-order valence-corrected chi connectivity index (χ4v) is 12.5. The summed E-state index contributed by atoms with van der Waals surface area (Å²) in [6.45, 7) is 11.5. The summed E-state index contributed by atoms with van der Waals surface area (Å²) in [5.74, 6) is -9.05. The Bertz CT molecular complexity index is 2480. The summed E-state index contributed by atoms with van der Waals surface area (Å²) in [6.07, 6.45) is -9.55. The fourth-order valence-electron chi connectivity index (χ4n) is 10.8. The molecule has 2 unspecified atom stereocenters. The van der Waals surface area contributed by atoms with Crippen molar-refractivity contribution in [1.29, 1.82) is 0 Å². The number of fused-ring (bicyclic) bond motifs is 5. The van der Waals surface area contributed by atoms with Gasteiger partial charge in [0, 0.05) is 49.0 Å². The summed E-state index contributed by atoms with van der Waals surface area (Å²) in [6, 6.07) is 19.8.